The molecule has 13 heteroatoms. The van der Waals surface area contributed by atoms with Crippen LogP contribution in [0.2, 0.25) is 0 Å². The molecule has 2 aromatic heterocycles. The Kier molecular flexibility index (Phi) is 7.57. The van der Waals surface area contributed by atoms with Gasteiger partial charge in [-0.25, -0.2) is 18.4 Å². The van der Waals surface area contributed by atoms with E-state index in [1.807, 2.05) is 0 Å². The molecule has 2 N–H and O–H groups in total. The van der Waals surface area contributed by atoms with Crippen molar-refractivity contribution in [2.75, 3.05) is 36.4 Å². The molecule has 1 aromatic carbocycles. The number of carbonyl (C=O) groups excluding carboxylic acids is 2. The number of esters is 1. The first-order valence-electron chi connectivity index (χ1n) is 11.3. The third kappa shape index (κ3) is 5.50. The second kappa shape index (κ2) is 10.6. The number of anilines is 2. The largest absolute Gasteiger partial charge is 0.459 e. The fourth-order valence-electron chi connectivity index (χ4n) is 4.22. The average molecular weight is 567 g/mol. The molecule has 3 heterocycles. The predicted molar refractivity (Wildman–Crippen MR) is 133 cm³/mol. The average Bonchev–Trinajstić information content (AvgIpc) is 2.94. The zero-order valence-corrected chi connectivity index (χ0v) is 21.3. The molecular formula is C23H25BrF2N6O4. The summed E-state index contributed by atoms with van der Waals surface area (Å²) in [6, 6.07) is 4.03. The summed E-state index contributed by atoms with van der Waals surface area (Å²) in [6.45, 7) is 3.71. The molecule has 3 aromatic rings. The number of hydrogen-bond donors (Lipinski definition) is 2. The van der Waals surface area contributed by atoms with E-state index < -0.39 is 23.7 Å². The van der Waals surface area contributed by atoms with Crippen LogP contribution in [-0.4, -0.2) is 58.5 Å². The van der Waals surface area contributed by atoms with Crippen molar-refractivity contribution in [3.63, 3.8) is 0 Å². The smallest absolute Gasteiger partial charge is 0.303 e. The maximum atomic E-state index is 15.1. The van der Waals surface area contributed by atoms with Gasteiger partial charge < -0.3 is 20.3 Å². The molecule has 4 rings (SSSR count). The van der Waals surface area contributed by atoms with Gasteiger partial charge in [0.05, 0.1) is 31.6 Å². The van der Waals surface area contributed by atoms with Crippen LogP contribution in [0, 0.1) is 11.6 Å². The second-order valence-corrected chi connectivity index (χ2v) is 9.32. The van der Waals surface area contributed by atoms with Gasteiger partial charge in [-0.2, -0.15) is 0 Å². The molecule has 0 saturated carbocycles. The number of amides is 1. The number of rotatable bonds is 7. The van der Waals surface area contributed by atoms with Crippen molar-refractivity contribution < 1.29 is 23.1 Å². The topological polar surface area (TPSA) is 110 Å². The lowest BCUT2D eigenvalue weighted by molar-refractivity contribution is -0.146. The van der Waals surface area contributed by atoms with Crippen LogP contribution in [0.1, 0.15) is 13.8 Å². The fourth-order valence-corrected chi connectivity index (χ4v) is 4.55. The Labute approximate surface area is 213 Å². The van der Waals surface area contributed by atoms with Crippen LogP contribution in [0.5, 0.6) is 0 Å². The summed E-state index contributed by atoms with van der Waals surface area (Å²) >= 11 is 3.32. The van der Waals surface area contributed by atoms with Crippen molar-refractivity contribution in [2.24, 2.45) is 0 Å². The highest BCUT2D eigenvalue weighted by atomic mass is 79.9. The minimum atomic E-state index is -0.769. The highest BCUT2D eigenvalue weighted by Gasteiger charge is 2.24. The van der Waals surface area contributed by atoms with Crippen molar-refractivity contribution in [1.82, 2.24) is 19.7 Å². The molecular weight excluding hydrogens is 542 g/mol. The predicted octanol–water partition coefficient (Wildman–Crippen LogP) is 2.24. The number of benzene rings is 1. The third-order valence-corrected chi connectivity index (χ3v) is 6.21. The quantitative estimate of drug-likeness (QED) is 0.422. The van der Waals surface area contributed by atoms with Gasteiger partial charge in [-0.3, -0.25) is 19.1 Å². The maximum Gasteiger partial charge on any atom is 0.303 e. The molecule has 36 heavy (non-hydrogen) atoms. The highest BCUT2D eigenvalue weighted by molar-refractivity contribution is 9.10. The number of nitrogens with one attached hydrogen (secondary N) is 2. The van der Waals surface area contributed by atoms with Gasteiger partial charge >= 0.3 is 5.97 Å². The lowest BCUT2D eigenvalue weighted by atomic mass is 10.2. The van der Waals surface area contributed by atoms with Crippen LogP contribution in [0.4, 0.5) is 20.2 Å². The van der Waals surface area contributed by atoms with Crippen molar-refractivity contribution in [3.05, 3.63) is 50.9 Å². The van der Waals surface area contributed by atoms with Gasteiger partial charge in [0.2, 0.25) is 5.91 Å². The Morgan fingerprint density at radius 2 is 1.75 bits per heavy atom. The monoisotopic (exact) mass is 566 g/mol. The van der Waals surface area contributed by atoms with Crippen molar-refractivity contribution in [3.8, 4) is 0 Å². The standard InChI is InChI=1S/C23H25BrF2N6O4/c1-13(33)27-11-17(36-14(2)34)12-28-16-8-19(25)21(20(26)9-16)30-3-5-31-22-18(7-15(24)10-29-22)23(35)32(31)6-4-30/h7-10,17,28H,3-6,11-12H2,1-2H3,(H,27,33)/t17-/m0/s1. The summed E-state index contributed by atoms with van der Waals surface area (Å²) in [5.74, 6) is -2.37. The van der Waals surface area contributed by atoms with E-state index in [1.165, 1.54) is 13.8 Å². The molecule has 10 nitrogen and oxygen atoms in total. The number of nitrogens with zero attached hydrogens (tertiary/aromatic N) is 4. The number of carbonyl (C=O) groups is 2. The Bertz CT molecular complexity index is 1350. The van der Waals surface area contributed by atoms with Crippen LogP contribution in [0.25, 0.3) is 11.0 Å². The zero-order chi connectivity index (χ0) is 26.0. The SMILES string of the molecule is CC(=O)NC[C@@H](CNc1cc(F)c(N2CCn3c(=O)c4cc(Br)cnc4n3CC2)c(F)c1)OC(C)=O. The first-order valence-corrected chi connectivity index (χ1v) is 12.1. The molecule has 0 bridgehead atoms. The number of aromatic nitrogens is 3. The molecule has 1 aliphatic rings. The molecule has 1 aliphatic heterocycles. The molecule has 0 unspecified atom stereocenters. The number of pyridine rings is 1. The first kappa shape index (κ1) is 25.6. The van der Waals surface area contributed by atoms with Crippen LogP contribution in [0.3, 0.4) is 0 Å². The molecule has 0 aliphatic carbocycles. The first-order chi connectivity index (χ1) is 17.1. The number of ether oxygens (including phenoxy) is 1. The minimum absolute atomic E-state index is 0.0381. The molecule has 0 fully saturated rings. The lowest BCUT2D eigenvalue weighted by Gasteiger charge is -2.24. The van der Waals surface area contributed by atoms with Gasteiger partial charge in [-0.05, 0) is 34.1 Å². The Morgan fingerprint density at radius 1 is 1.08 bits per heavy atom. The summed E-state index contributed by atoms with van der Waals surface area (Å²) in [5, 5.41) is 5.88. The summed E-state index contributed by atoms with van der Waals surface area (Å²) in [5.41, 5.74) is 0.288. The van der Waals surface area contributed by atoms with E-state index in [1.54, 1.807) is 26.5 Å². The number of hydrogen-bond acceptors (Lipinski definition) is 7. The number of halogens is 3. The van der Waals surface area contributed by atoms with E-state index in [4.69, 9.17) is 4.74 Å². The van der Waals surface area contributed by atoms with E-state index in [-0.39, 0.29) is 55.6 Å². The van der Waals surface area contributed by atoms with Gasteiger partial charge in [0.25, 0.3) is 5.56 Å². The summed E-state index contributed by atoms with van der Waals surface area (Å²) in [4.78, 5) is 41.2. The molecule has 1 atom stereocenters. The normalized spacial score (nSPS) is 14.2. The van der Waals surface area contributed by atoms with Crippen LogP contribution in [-0.2, 0) is 27.4 Å². The molecule has 192 valence electrons. The van der Waals surface area contributed by atoms with E-state index in [0.717, 1.165) is 12.1 Å². The highest BCUT2D eigenvalue weighted by Crippen LogP contribution is 2.28. The van der Waals surface area contributed by atoms with Gasteiger partial charge in [0, 0.05) is 43.3 Å². The molecule has 1 amide bonds. The summed E-state index contributed by atoms with van der Waals surface area (Å²) < 4.78 is 39.3. The fraction of sp³-hybridized carbons (Fsp3) is 0.391. The van der Waals surface area contributed by atoms with Crippen LogP contribution < -0.4 is 21.1 Å². The summed E-state index contributed by atoms with van der Waals surface area (Å²) in [7, 11) is 0. The minimum Gasteiger partial charge on any atom is -0.459 e. The second-order valence-electron chi connectivity index (χ2n) is 8.40. The molecule has 0 spiro atoms. The van der Waals surface area contributed by atoms with Crippen molar-refractivity contribution in [2.45, 2.75) is 33.0 Å². The van der Waals surface area contributed by atoms with E-state index >= 15 is 8.78 Å². The van der Waals surface area contributed by atoms with Gasteiger partial charge in [-0.1, -0.05) is 0 Å². The van der Waals surface area contributed by atoms with E-state index in [0.29, 0.717) is 22.1 Å². The van der Waals surface area contributed by atoms with Gasteiger partial charge in [0.15, 0.2) is 17.3 Å². The number of fused-ring (bicyclic) bond motifs is 3. The van der Waals surface area contributed by atoms with E-state index in [9.17, 15) is 14.4 Å². The van der Waals surface area contributed by atoms with Gasteiger partial charge in [-0.15, -0.1) is 0 Å². The van der Waals surface area contributed by atoms with Gasteiger partial charge in [0.1, 0.15) is 11.8 Å². The van der Waals surface area contributed by atoms with E-state index in [2.05, 4.69) is 31.5 Å². The molecule has 0 saturated heterocycles. The maximum absolute atomic E-state index is 15.1. The Hall–Kier alpha value is -3.48. The van der Waals surface area contributed by atoms with Crippen LogP contribution in [0.15, 0.2) is 33.7 Å². The molecule has 0 radical (unpaired) electrons. The Morgan fingerprint density at radius 3 is 2.39 bits per heavy atom. The van der Waals surface area contributed by atoms with Crippen molar-refractivity contribution >= 4 is 50.2 Å². The Balaban J connectivity index is 1.49. The third-order valence-electron chi connectivity index (χ3n) is 5.78. The van der Waals surface area contributed by atoms with Crippen LogP contribution >= 0.6 is 15.9 Å². The zero-order valence-electron chi connectivity index (χ0n) is 19.7. The summed E-state index contributed by atoms with van der Waals surface area (Å²) in [6.07, 6.45) is 0.880. The van der Waals surface area contributed by atoms with Crippen molar-refractivity contribution in [1.29, 1.82) is 0 Å². The lowest BCUT2D eigenvalue weighted by Crippen LogP contribution is -2.37.